The summed E-state index contributed by atoms with van der Waals surface area (Å²) >= 11 is 0. The third-order valence-corrected chi connectivity index (χ3v) is 4.68. The zero-order chi connectivity index (χ0) is 19.5. The molecule has 0 radical (unpaired) electrons. The SMILES string of the molecule is Cc1nc(-c2ccc(N3CCN(C(=O)Nc4ccc(F)cc4)CC3)cc2)no1. The maximum atomic E-state index is 13.0. The first-order chi connectivity index (χ1) is 13.6. The molecular formula is C20H20FN5O2. The first-order valence-electron chi connectivity index (χ1n) is 9.06. The van der Waals surface area contributed by atoms with Crippen LogP contribution in [0.4, 0.5) is 20.6 Å². The molecule has 0 spiro atoms. The molecule has 1 aliphatic rings. The second-order valence-corrected chi connectivity index (χ2v) is 6.60. The van der Waals surface area contributed by atoms with Crippen LogP contribution in [-0.2, 0) is 0 Å². The van der Waals surface area contributed by atoms with Crippen LogP contribution in [-0.4, -0.2) is 47.3 Å². The number of nitrogens with zero attached hydrogens (tertiary/aromatic N) is 4. The zero-order valence-electron chi connectivity index (χ0n) is 15.4. The maximum absolute atomic E-state index is 13.0. The number of nitrogens with one attached hydrogen (secondary N) is 1. The number of urea groups is 1. The molecule has 28 heavy (non-hydrogen) atoms. The Bertz CT molecular complexity index is 947. The Morgan fingerprint density at radius 2 is 1.71 bits per heavy atom. The number of amides is 2. The number of hydrogen-bond acceptors (Lipinski definition) is 5. The van der Waals surface area contributed by atoms with Crippen molar-refractivity contribution in [2.45, 2.75) is 6.92 Å². The van der Waals surface area contributed by atoms with Gasteiger partial charge >= 0.3 is 6.03 Å². The van der Waals surface area contributed by atoms with Gasteiger partial charge in [0.05, 0.1) is 0 Å². The monoisotopic (exact) mass is 381 g/mol. The Balaban J connectivity index is 1.33. The summed E-state index contributed by atoms with van der Waals surface area (Å²) in [5, 5.41) is 6.73. The van der Waals surface area contributed by atoms with Crippen LogP contribution in [0.5, 0.6) is 0 Å². The van der Waals surface area contributed by atoms with Gasteiger partial charge in [-0.25, -0.2) is 9.18 Å². The molecule has 1 saturated heterocycles. The number of halogens is 1. The molecule has 4 rings (SSSR count). The minimum Gasteiger partial charge on any atom is -0.368 e. The van der Waals surface area contributed by atoms with Gasteiger partial charge in [0.25, 0.3) is 0 Å². The number of aromatic nitrogens is 2. The van der Waals surface area contributed by atoms with Crippen LogP contribution < -0.4 is 10.2 Å². The fourth-order valence-corrected chi connectivity index (χ4v) is 3.14. The molecule has 0 aliphatic carbocycles. The molecule has 1 fully saturated rings. The van der Waals surface area contributed by atoms with Crippen molar-refractivity contribution >= 4 is 17.4 Å². The number of rotatable bonds is 3. The number of anilines is 2. The van der Waals surface area contributed by atoms with E-state index in [-0.39, 0.29) is 11.8 Å². The molecule has 1 N–H and O–H groups in total. The fourth-order valence-electron chi connectivity index (χ4n) is 3.14. The van der Waals surface area contributed by atoms with Crippen LogP contribution in [0.25, 0.3) is 11.4 Å². The summed E-state index contributed by atoms with van der Waals surface area (Å²) in [7, 11) is 0. The number of carbonyl (C=O) groups excluding carboxylic acids is 1. The quantitative estimate of drug-likeness (QED) is 0.751. The molecule has 2 amide bonds. The predicted octanol–water partition coefficient (Wildman–Crippen LogP) is 3.54. The molecule has 7 nitrogen and oxygen atoms in total. The van der Waals surface area contributed by atoms with E-state index in [4.69, 9.17) is 4.52 Å². The van der Waals surface area contributed by atoms with Crippen molar-refractivity contribution in [3.8, 4) is 11.4 Å². The maximum Gasteiger partial charge on any atom is 0.321 e. The average molecular weight is 381 g/mol. The third kappa shape index (κ3) is 3.95. The van der Waals surface area contributed by atoms with Crippen molar-refractivity contribution in [1.29, 1.82) is 0 Å². The Labute approximate surface area is 161 Å². The Hall–Kier alpha value is -3.42. The van der Waals surface area contributed by atoms with Crippen LogP contribution in [0.3, 0.4) is 0 Å². The zero-order valence-corrected chi connectivity index (χ0v) is 15.4. The Morgan fingerprint density at radius 1 is 1.04 bits per heavy atom. The molecule has 2 heterocycles. The molecule has 144 valence electrons. The van der Waals surface area contributed by atoms with E-state index in [1.807, 2.05) is 24.3 Å². The number of benzene rings is 2. The fraction of sp³-hybridized carbons (Fsp3) is 0.250. The highest BCUT2D eigenvalue weighted by atomic mass is 19.1. The normalized spacial score (nSPS) is 14.2. The highest BCUT2D eigenvalue weighted by Gasteiger charge is 2.21. The summed E-state index contributed by atoms with van der Waals surface area (Å²) in [6.07, 6.45) is 0. The van der Waals surface area contributed by atoms with Gasteiger partial charge in [-0.2, -0.15) is 4.98 Å². The van der Waals surface area contributed by atoms with E-state index in [0.717, 1.165) is 24.3 Å². The first kappa shape index (κ1) is 18.0. The van der Waals surface area contributed by atoms with Crippen LogP contribution in [0.2, 0.25) is 0 Å². The van der Waals surface area contributed by atoms with Crippen molar-refractivity contribution in [3.63, 3.8) is 0 Å². The summed E-state index contributed by atoms with van der Waals surface area (Å²) < 4.78 is 18.0. The highest BCUT2D eigenvalue weighted by molar-refractivity contribution is 5.89. The van der Waals surface area contributed by atoms with Crippen LogP contribution >= 0.6 is 0 Å². The van der Waals surface area contributed by atoms with Crippen LogP contribution in [0.1, 0.15) is 5.89 Å². The van der Waals surface area contributed by atoms with Crippen LogP contribution in [0.15, 0.2) is 53.1 Å². The predicted molar refractivity (Wildman–Crippen MR) is 104 cm³/mol. The smallest absolute Gasteiger partial charge is 0.321 e. The van der Waals surface area contributed by atoms with Crippen molar-refractivity contribution in [2.75, 3.05) is 36.4 Å². The van der Waals surface area contributed by atoms with Crippen LogP contribution in [0, 0.1) is 12.7 Å². The van der Waals surface area contributed by atoms with Gasteiger partial charge in [-0.3, -0.25) is 0 Å². The second kappa shape index (κ2) is 7.67. The molecule has 2 aromatic carbocycles. The van der Waals surface area contributed by atoms with Gasteiger partial charge in [-0.15, -0.1) is 0 Å². The van der Waals surface area contributed by atoms with Crippen molar-refractivity contribution < 1.29 is 13.7 Å². The van der Waals surface area contributed by atoms with Gasteiger partial charge in [0.15, 0.2) is 0 Å². The molecular weight excluding hydrogens is 361 g/mol. The van der Waals surface area contributed by atoms with Crippen molar-refractivity contribution in [1.82, 2.24) is 15.0 Å². The lowest BCUT2D eigenvalue weighted by atomic mass is 10.1. The minimum atomic E-state index is -0.327. The lowest BCUT2D eigenvalue weighted by Gasteiger charge is -2.36. The van der Waals surface area contributed by atoms with E-state index in [0.29, 0.717) is 30.5 Å². The minimum absolute atomic E-state index is 0.172. The lowest BCUT2D eigenvalue weighted by molar-refractivity contribution is 0.208. The molecule has 8 heteroatoms. The summed E-state index contributed by atoms with van der Waals surface area (Å²) in [5.74, 6) is 0.785. The van der Waals surface area contributed by atoms with Gasteiger partial charge in [0.1, 0.15) is 5.82 Å². The van der Waals surface area contributed by atoms with Gasteiger partial charge in [0.2, 0.25) is 11.7 Å². The van der Waals surface area contributed by atoms with Crippen molar-refractivity contribution in [3.05, 3.63) is 60.2 Å². The molecule has 3 aromatic rings. The standard InChI is InChI=1S/C20H20FN5O2/c1-14-22-19(24-28-14)15-2-8-18(9-3-15)25-10-12-26(13-11-25)20(27)23-17-6-4-16(21)5-7-17/h2-9H,10-13H2,1H3,(H,23,27). The second-order valence-electron chi connectivity index (χ2n) is 6.60. The van der Waals surface area contributed by atoms with E-state index in [2.05, 4.69) is 20.4 Å². The summed E-state index contributed by atoms with van der Waals surface area (Å²) in [6.45, 7) is 4.45. The third-order valence-electron chi connectivity index (χ3n) is 4.68. The van der Waals surface area contributed by atoms with Crippen molar-refractivity contribution in [2.24, 2.45) is 0 Å². The van der Waals surface area contributed by atoms with Gasteiger partial charge < -0.3 is 19.6 Å². The van der Waals surface area contributed by atoms with Gasteiger partial charge in [-0.1, -0.05) is 5.16 Å². The summed E-state index contributed by atoms with van der Waals surface area (Å²) in [5.41, 5.74) is 2.57. The number of carbonyl (C=O) groups is 1. The van der Waals surface area contributed by atoms with E-state index < -0.39 is 0 Å². The lowest BCUT2D eigenvalue weighted by Crippen LogP contribution is -2.50. The van der Waals surface area contributed by atoms with E-state index >= 15 is 0 Å². The number of hydrogen-bond donors (Lipinski definition) is 1. The summed E-state index contributed by atoms with van der Waals surface area (Å²) in [4.78, 5) is 20.6. The molecule has 1 aliphatic heterocycles. The topological polar surface area (TPSA) is 74.5 Å². The molecule has 0 unspecified atom stereocenters. The molecule has 0 bridgehead atoms. The largest absolute Gasteiger partial charge is 0.368 e. The Kier molecular flexibility index (Phi) is 4.92. The average Bonchev–Trinajstić information content (AvgIpc) is 3.16. The van der Waals surface area contributed by atoms with E-state index in [9.17, 15) is 9.18 Å². The molecule has 0 atom stereocenters. The first-order valence-corrected chi connectivity index (χ1v) is 9.06. The Morgan fingerprint density at radius 3 is 2.32 bits per heavy atom. The van der Waals surface area contributed by atoms with Gasteiger partial charge in [0, 0.05) is 50.0 Å². The number of piperazine rings is 1. The summed E-state index contributed by atoms with van der Waals surface area (Å²) in [6, 6.07) is 13.6. The van der Waals surface area contributed by atoms with E-state index in [1.54, 1.807) is 24.0 Å². The number of aryl methyl sites for hydroxylation is 1. The molecule has 0 saturated carbocycles. The van der Waals surface area contributed by atoms with E-state index in [1.165, 1.54) is 12.1 Å². The van der Waals surface area contributed by atoms with Gasteiger partial charge in [-0.05, 0) is 48.5 Å². The highest BCUT2D eigenvalue weighted by Crippen LogP contribution is 2.22. The molecule has 1 aromatic heterocycles.